The Hall–Kier alpha value is -2.80. The first-order chi connectivity index (χ1) is 16.0. The van der Waals surface area contributed by atoms with Crippen molar-refractivity contribution in [2.24, 2.45) is 0 Å². The van der Waals surface area contributed by atoms with Crippen LogP contribution in [-0.2, 0) is 17.9 Å². The zero-order valence-corrected chi connectivity index (χ0v) is 20.5. The molecule has 0 N–H and O–H groups in total. The van der Waals surface area contributed by atoms with E-state index >= 15 is 0 Å². The number of carbonyl (C=O) groups is 2. The average molecular weight is 538 g/mol. The predicted octanol–water partition coefficient (Wildman–Crippen LogP) is 7.34. The van der Waals surface area contributed by atoms with Gasteiger partial charge in [0.2, 0.25) is 0 Å². The molecular formula is C26H18BrClN2O2S. The van der Waals surface area contributed by atoms with Crippen LogP contribution >= 0.6 is 39.3 Å². The number of hydrogen-bond acceptors (Lipinski definition) is 3. The topological polar surface area (TPSA) is 42.3 Å². The molecular weight excluding hydrogens is 520 g/mol. The Morgan fingerprint density at radius 3 is 2.39 bits per heavy atom. The average Bonchev–Trinajstić information content (AvgIpc) is 3.27. The highest BCUT2D eigenvalue weighted by molar-refractivity contribution is 9.10. The molecule has 33 heavy (non-hydrogen) atoms. The fourth-order valence-corrected chi connectivity index (χ4v) is 5.19. The van der Waals surface area contributed by atoms with E-state index in [1.165, 1.54) is 10.5 Å². The van der Waals surface area contributed by atoms with E-state index in [1.54, 1.807) is 12.1 Å². The Bertz CT molecular complexity index is 1400. The van der Waals surface area contributed by atoms with Gasteiger partial charge in [0.15, 0.2) is 0 Å². The van der Waals surface area contributed by atoms with Gasteiger partial charge >= 0.3 is 0 Å². The van der Waals surface area contributed by atoms with E-state index in [4.69, 9.17) is 11.6 Å². The molecule has 2 amide bonds. The van der Waals surface area contributed by atoms with Gasteiger partial charge in [0, 0.05) is 38.7 Å². The summed E-state index contributed by atoms with van der Waals surface area (Å²) in [5, 5.41) is 1.37. The van der Waals surface area contributed by atoms with E-state index in [0.717, 1.165) is 38.3 Å². The minimum Gasteiger partial charge on any atom is -0.342 e. The summed E-state index contributed by atoms with van der Waals surface area (Å²) in [6.07, 6.45) is 3.86. The molecule has 1 aliphatic heterocycles. The third-order valence-corrected chi connectivity index (χ3v) is 7.14. The second-order valence-electron chi connectivity index (χ2n) is 7.75. The maximum Gasteiger partial charge on any atom is 0.293 e. The predicted molar refractivity (Wildman–Crippen MR) is 138 cm³/mol. The number of thioether (sulfide) groups is 1. The van der Waals surface area contributed by atoms with Crippen molar-refractivity contribution in [3.05, 3.63) is 110 Å². The van der Waals surface area contributed by atoms with Gasteiger partial charge in [-0.3, -0.25) is 14.5 Å². The van der Waals surface area contributed by atoms with Gasteiger partial charge < -0.3 is 4.57 Å². The summed E-state index contributed by atoms with van der Waals surface area (Å²) in [6.45, 7) is 0.936. The van der Waals surface area contributed by atoms with Gasteiger partial charge in [0.05, 0.1) is 11.4 Å². The fraction of sp³-hybridized carbons (Fsp3) is 0.0769. The van der Waals surface area contributed by atoms with Gasteiger partial charge in [-0.1, -0.05) is 70.0 Å². The molecule has 0 radical (unpaired) electrons. The highest BCUT2D eigenvalue weighted by Gasteiger charge is 2.35. The third kappa shape index (κ3) is 4.64. The van der Waals surface area contributed by atoms with Crippen LogP contribution in [0.15, 0.2) is 88.4 Å². The van der Waals surface area contributed by atoms with Crippen LogP contribution in [0.3, 0.4) is 0 Å². The SMILES string of the molecule is O=C1S/C(=C\c2cn(Cc3ccccc3)c3ccc(Br)cc23)C(=O)N1Cc1ccc(Cl)cc1. The molecule has 1 aliphatic rings. The van der Waals surface area contributed by atoms with Gasteiger partial charge in [0.1, 0.15) is 0 Å². The van der Waals surface area contributed by atoms with Gasteiger partial charge in [-0.2, -0.15) is 0 Å². The van der Waals surface area contributed by atoms with E-state index in [0.29, 0.717) is 16.5 Å². The molecule has 0 atom stereocenters. The van der Waals surface area contributed by atoms with Crippen molar-refractivity contribution < 1.29 is 9.59 Å². The zero-order valence-electron chi connectivity index (χ0n) is 17.4. The van der Waals surface area contributed by atoms with Gasteiger partial charge in [-0.15, -0.1) is 0 Å². The second-order valence-corrected chi connectivity index (χ2v) is 10.1. The number of carbonyl (C=O) groups excluding carboxylic acids is 2. The third-order valence-electron chi connectivity index (χ3n) is 5.48. The number of imide groups is 1. The molecule has 4 nitrogen and oxygen atoms in total. The van der Waals surface area contributed by atoms with E-state index in [-0.39, 0.29) is 17.7 Å². The van der Waals surface area contributed by atoms with Gasteiger partial charge in [0.25, 0.3) is 11.1 Å². The molecule has 5 rings (SSSR count). The van der Waals surface area contributed by atoms with Crippen LogP contribution in [0.4, 0.5) is 4.79 Å². The van der Waals surface area contributed by atoms with Crippen LogP contribution in [0.5, 0.6) is 0 Å². The number of rotatable bonds is 5. The second kappa shape index (κ2) is 9.21. The van der Waals surface area contributed by atoms with Gasteiger partial charge in [-0.05, 0) is 59.3 Å². The van der Waals surface area contributed by atoms with Crippen molar-refractivity contribution in [2.45, 2.75) is 13.1 Å². The maximum atomic E-state index is 13.1. The molecule has 1 saturated heterocycles. The largest absolute Gasteiger partial charge is 0.342 e. The highest BCUT2D eigenvalue weighted by Crippen LogP contribution is 2.35. The normalized spacial score (nSPS) is 15.2. The molecule has 0 saturated carbocycles. The Morgan fingerprint density at radius 1 is 0.909 bits per heavy atom. The lowest BCUT2D eigenvalue weighted by atomic mass is 10.1. The molecule has 0 aliphatic carbocycles. The smallest absolute Gasteiger partial charge is 0.293 e. The lowest BCUT2D eigenvalue weighted by molar-refractivity contribution is -0.123. The Kier molecular flexibility index (Phi) is 6.15. The number of amides is 2. The fourth-order valence-electron chi connectivity index (χ4n) is 3.87. The minimum atomic E-state index is -0.279. The first kappa shape index (κ1) is 22.0. The van der Waals surface area contributed by atoms with E-state index in [2.05, 4.69) is 38.7 Å². The molecule has 0 unspecified atom stereocenters. The number of aromatic nitrogens is 1. The van der Waals surface area contributed by atoms with E-state index < -0.39 is 0 Å². The Morgan fingerprint density at radius 2 is 1.64 bits per heavy atom. The number of halogens is 2. The Labute approximate surface area is 209 Å². The summed E-state index contributed by atoms with van der Waals surface area (Å²) in [7, 11) is 0. The first-order valence-corrected chi connectivity index (χ1v) is 12.3. The summed E-state index contributed by atoms with van der Waals surface area (Å²) in [5.74, 6) is -0.279. The lowest BCUT2D eigenvalue weighted by Gasteiger charge is -2.12. The molecule has 164 valence electrons. The van der Waals surface area contributed by atoms with Crippen LogP contribution in [-0.4, -0.2) is 20.6 Å². The molecule has 1 fully saturated rings. The van der Waals surface area contributed by atoms with Crippen LogP contribution in [0.25, 0.3) is 17.0 Å². The van der Waals surface area contributed by atoms with Crippen LogP contribution in [0.2, 0.25) is 5.02 Å². The quantitative estimate of drug-likeness (QED) is 0.250. The van der Waals surface area contributed by atoms with Crippen molar-refractivity contribution in [1.29, 1.82) is 0 Å². The molecule has 0 bridgehead atoms. The van der Waals surface area contributed by atoms with Crippen molar-refractivity contribution in [3.8, 4) is 0 Å². The van der Waals surface area contributed by atoms with E-state index in [1.807, 2.05) is 54.7 Å². The maximum absolute atomic E-state index is 13.1. The highest BCUT2D eigenvalue weighted by atomic mass is 79.9. The van der Waals surface area contributed by atoms with Crippen LogP contribution < -0.4 is 0 Å². The molecule has 7 heteroatoms. The first-order valence-electron chi connectivity index (χ1n) is 10.3. The van der Waals surface area contributed by atoms with Crippen molar-refractivity contribution in [2.75, 3.05) is 0 Å². The van der Waals surface area contributed by atoms with E-state index in [9.17, 15) is 9.59 Å². The standard InChI is InChI=1S/C26H18BrClN2O2S/c27-20-8-11-23-22(13-20)19(16-29(23)14-17-4-2-1-3-5-17)12-24-25(31)30(26(32)33-24)15-18-6-9-21(28)10-7-18/h1-13,16H,14-15H2/b24-12-. The summed E-state index contributed by atoms with van der Waals surface area (Å²) in [5.41, 5.74) is 4.01. The lowest BCUT2D eigenvalue weighted by Crippen LogP contribution is -2.27. The number of nitrogens with zero attached hydrogens (tertiary/aromatic N) is 2. The zero-order chi connectivity index (χ0) is 22.9. The number of hydrogen-bond donors (Lipinski definition) is 0. The molecule has 1 aromatic heterocycles. The Balaban J connectivity index is 1.48. The monoisotopic (exact) mass is 536 g/mol. The molecule has 2 heterocycles. The van der Waals surface area contributed by atoms with Gasteiger partial charge in [-0.25, -0.2) is 0 Å². The summed E-state index contributed by atoms with van der Waals surface area (Å²) < 4.78 is 3.12. The van der Waals surface area contributed by atoms with Crippen LogP contribution in [0, 0.1) is 0 Å². The number of fused-ring (bicyclic) bond motifs is 1. The van der Waals surface area contributed by atoms with Crippen molar-refractivity contribution >= 4 is 67.4 Å². The summed E-state index contributed by atoms with van der Waals surface area (Å²) in [6, 6.07) is 23.5. The molecule has 4 aromatic rings. The number of benzene rings is 3. The molecule has 0 spiro atoms. The molecule has 3 aromatic carbocycles. The summed E-state index contributed by atoms with van der Waals surface area (Å²) in [4.78, 5) is 27.4. The van der Waals surface area contributed by atoms with Crippen molar-refractivity contribution in [3.63, 3.8) is 0 Å². The minimum absolute atomic E-state index is 0.223. The summed E-state index contributed by atoms with van der Waals surface area (Å²) >= 11 is 10.5. The van der Waals surface area contributed by atoms with Crippen LogP contribution in [0.1, 0.15) is 16.7 Å². The van der Waals surface area contributed by atoms with Crippen molar-refractivity contribution in [1.82, 2.24) is 9.47 Å².